The molecular weight excluding hydrogens is 476 g/mol. The molecule has 0 radical (unpaired) electrons. The van der Waals surface area contributed by atoms with Gasteiger partial charge in [-0.3, -0.25) is 0 Å². The third-order valence-corrected chi connectivity index (χ3v) is 6.57. The zero-order chi connectivity index (χ0) is 23.1. The number of rotatable bonds is 10. The van der Waals surface area contributed by atoms with E-state index in [2.05, 4.69) is 77.5 Å². The first-order valence-electron chi connectivity index (χ1n) is 12.6. The van der Waals surface area contributed by atoms with Crippen molar-refractivity contribution in [2.75, 3.05) is 25.2 Å². The standard InChI is InChI=1S/C21H24O.C8H15BrO2/c1-2-3-7-15-22-21-12-8-11-19-16-18(13-14-20(19)21)17-9-5-4-6-10-17;9-5-3-7-11-8-4-1-2-6-10-8/h4-6,8-12,16H,2-3,7,13-15H2,1H3;8H,1-7H2. The minimum Gasteiger partial charge on any atom is -0.493 e. The monoisotopic (exact) mass is 514 g/mol. The van der Waals surface area contributed by atoms with E-state index in [9.17, 15) is 0 Å². The summed E-state index contributed by atoms with van der Waals surface area (Å²) in [6.45, 7) is 4.74. The zero-order valence-corrected chi connectivity index (χ0v) is 21.7. The number of allylic oxidation sites excluding steroid dienone is 1. The molecule has 1 aliphatic heterocycles. The van der Waals surface area contributed by atoms with Crippen LogP contribution in [-0.4, -0.2) is 31.4 Å². The van der Waals surface area contributed by atoms with Gasteiger partial charge in [0.1, 0.15) is 5.75 Å². The molecule has 33 heavy (non-hydrogen) atoms. The SMILES string of the molecule is BrCCCOC1CCCCO1.CCCCCOc1cccc2c1CCC(c1ccccc1)=C2. The Morgan fingerprint density at radius 3 is 2.58 bits per heavy atom. The van der Waals surface area contributed by atoms with Gasteiger partial charge in [0, 0.05) is 17.5 Å². The molecule has 1 aliphatic carbocycles. The Kier molecular flexibility index (Phi) is 12.1. The Balaban J connectivity index is 0.000000235. The van der Waals surface area contributed by atoms with E-state index in [1.165, 1.54) is 47.9 Å². The fourth-order valence-electron chi connectivity index (χ4n) is 4.17. The van der Waals surface area contributed by atoms with Crippen LogP contribution in [0.25, 0.3) is 11.6 Å². The molecule has 1 saturated heterocycles. The summed E-state index contributed by atoms with van der Waals surface area (Å²) < 4.78 is 16.9. The minimum atomic E-state index is 0.0859. The summed E-state index contributed by atoms with van der Waals surface area (Å²) in [6.07, 6.45) is 12.8. The van der Waals surface area contributed by atoms with Gasteiger partial charge < -0.3 is 14.2 Å². The lowest BCUT2D eigenvalue weighted by atomic mass is 9.88. The molecule has 4 rings (SSSR count). The summed E-state index contributed by atoms with van der Waals surface area (Å²) in [5.41, 5.74) is 5.45. The number of ether oxygens (including phenoxy) is 3. The van der Waals surface area contributed by atoms with Crippen LogP contribution in [-0.2, 0) is 15.9 Å². The molecule has 1 fully saturated rings. The summed E-state index contributed by atoms with van der Waals surface area (Å²) in [5.74, 6) is 1.08. The third-order valence-electron chi connectivity index (χ3n) is 6.01. The Morgan fingerprint density at radius 1 is 0.939 bits per heavy atom. The quantitative estimate of drug-likeness (QED) is 0.237. The van der Waals surface area contributed by atoms with Crippen LogP contribution >= 0.6 is 15.9 Å². The van der Waals surface area contributed by atoms with Crippen molar-refractivity contribution in [3.05, 3.63) is 65.2 Å². The van der Waals surface area contributed by atoms with Crippen molar-refractivity contribution < 1.29 is 14.2 Å². The number of hydrogen-bond acceptors (Lipinski definition) is 3. The van der Waals surface area contributed by atoms with Crippen molar-refractivity contribution in [3.63, 3.8) is 0 Å². The first-order valence-corrected chi connectivity index (χ1v) is 13.7. The van der Waals surface area contributed by atoms with Gasteiger partial charge in [-0.1, -0.05) is 84.2 Å². The maximum atomic E-state index is 6.02. The molecule has 0 amide bonds. The lowest BCUT2D eigenvalue weighted by Crippen LogP contribution is -2.22. The summed E-state index contributed by atoms with van der Waals surface area (Å²) in [5, 5.41) is 1.01. The van der Waals surface area contributed by atoms with Crippen LogP contribution in [0.2, 0.25) is 0 Å². The van der Waals surface area contributed by atoms with Gasteiger partial charge in [-0.2, -0.15) is 0 Å². The Labute approximate surface area is 208 Å². The normalized spacial score (nSPS) is 17.4. The van der Waals surface area contributed by atoms with Gasteiger partial charge in [0.15, 0.2) is 6.29 Å². The minimum absolute atomic E-state index is 0.0859. The van der Waals surface area contributed by atoms with E-state index in [0.717, 1.165) is 63.0 Å². The molecule has 180 valence electrons. The molecule has 2 aliphatic rings. The maximum absolute atomic E-state index is 6.02. The lowest BCUT2D eigenvalue weighted by molar-refractivity contribution is -0.161. The van der Waals surface area contributed by atoms with E-state index >= 15 is 0 Å². The Hall–Kier alpha value is -1.62. The van der Waals surface area contributed by atoms with Crippen LogP contribution in [0, 0.1) is 0 Å². The molecule has 1 unspecified atom stereocenters. The molecule has 3 nitrogen and oxygen atoms in total. The number of unbranched alkanes of at least 4 members (excludes halogenated alkanes) is 2. The summed E-state index contributed by atoms with van der Waals surface area (Å²) in [4.78, 5) is 0. The number of fused-ring (bicyclic) bond motifs is 1. The molecule has 4 heteroatoms. The van der Waals surface area contributed by atoms with Crippen LogP contribution in [0.1, 0.15) is 75.0 Å². The first kappa shape index (κ1) is 26.0. The van der Waals surface area contributed by atoms with Crippen LogP contribution in [0.15, 0.2) is 48.5 Å². The highest BCUT2D eigenvalue weighted by atomic mass is 79.9. The summed E-state index contributed by atoms with van der Waals surface area (Å²) >= 11 is 3.35. The molecule has 0 aromatic heterocycles. The molecule has 0 bridgehead atoms. The average Bonchev–Trinajstić information content (AvgIpc) is 2.88. The number of hydrogen-bond donors (Lipinski definition) is 0. The van der Waals surface area contributed by atoms with Crippen molar-refractivity contribution >= 4 is 27.6 Å². The Bertz CT molecular complexity index is 828. The number of alkyl halides is 1. The van der Waals surface area contributed by atoms with Gasteiger partial charge in [-0.15, -0.1) is 0 Å². The average molecular weight is 516 g/mol. The highest BCUT2D eigenvalue weighted by molar-refractivity contribution is 9.09. The predicted molar refractivity (Wildman–Crippen MR) is 142 cm³/mol. The highest BCUT2D eigenvalue weighted by Crippen LogP contribution is 2.35. The fraction of sp³-hybridized carbons (Fsp3) is 0.517. The second kappa shape index (κ2) is 15.3. The van der Waals surface area contributed by atoms with Crippen molar-refractivity contribution in [3.8, 4) is 5.75 Å². The van der Waals surface area contributed by atoms with Gasteiger partial charge in [0.25, 0.3) is 0 Å². The molecule has 1 atom stereocenters. The molecule has 2 aromatic carbocycles. The van der Waals surface area contributed by atoms with Crippen molar-refractivity contribution in [1.29, 1.82) is 0 Å². The van der Waals surface area contributed by atoms with E-state index in [4.69, 9.17) is 14.2 Å². The van der Waals surface area contributed by atoms with Gasteiger partial charge in [0.2, 0.25) is 0 Å². The molecule has 0 saturated carbocycles. The molecule has 1 heterocycles. The lowest BCUT2D eigenvalue weighted by Gasteiger charge is -2.22. The smallest absolute Gasteiger partial charge is 0.157 e. The Morgan fingerprint density at radius 2 is 1.82 bits per heavy atom. The molecule has 2 aromatic rings. The second-order valence-electron chi connectivity index (χ2n) is 8.62. The second-order valence-corrected chi connectivity index (χ2v) is 9.42. The van der Waals surface area contributed by atoms with Crippen molar-refractivity contribution in [1.82, 2.24) is 0 Å². The number of halogens is 1. The van der Waals surface area contributed by atoms with Gasteiger partial charge in [-0.05, 0) is 67.7 Å². The first-order chi connectivity index (χ1) is 16.3. The van der Waals surface area contributed by atoms with E-state index < -0.39 is 0 Å². The van der Waals surface area contributed by atoms with Gasteiger partial charge >= 0.3 is 0 Å². The van der Waals surface area contributed by atoms with Gasteiger partial charge in [0.05, 0.1) is 13.2 Å². The van der Waals surface area contributed by atoms with Crippen LogP contribution in [0.5, 0.6) is 5.75 Å². The number of benzene rings is 2. The van der Waals surface area contributed by atoms with Crippen LogP contribution < -0.4 is 4.74 Å². The fourth-order valence-corrected chi connectivity index (χ4v) is 4.40. The van der Waals surface area contributed by atoms with E-state index in [1.54, 1.807) is 0 Å². The molecule has 0 spiro atoms. The molecule has 0 N–H and O–H groups in total. The highest BCUT2D eigenvalue weighted by Gasteiger charge is 2.15. The van der Waals surface area contributed by atoms with Crippen molar-refractivity contribution in [2.45, 2.75) is 71.0 Å². The van der Waals surface area contributed by atoms with E-state index in [-0.39, 0.29) is 6.29 Å². The maximum Gasteiger partial charge on any atom is 0.157 e. The zero-order valence-electron chi connectivity index (χ0n) is 20.1. The van der Waals surface area contributed by atoms with Crippen LogP contribution in [0.3, 0.4) is 0 Å². The van der Waals surface area contributed by atoms with Gasteiger partial charge in [-0.25, -0.2) is 0 Å². The summed E-state index contributed by atoms with van der Waals surface area (Å²) in [7, 11) is 0. The van der Waals surface area contributed by atoms with Crippen LogP contribution in [0.4, 0.5) is 0 Å². The van der Waals surface area contributed by atoms with E-state index in [0.29, 0.717) is 0 Å². The topological polar surface area (TPSA) is 27.7 Å². The predicted octanol–water partition coefficient (Wildman–Crippen LogP) is 8.06. The van der Waals surface area contributed by atoms with Crippen molar-refractivity contribution in [2.24, 2.45) is 0 Å². The molecular formula is C29H39BrO3. The summed E-state index contributed by atoms with van der Waals surface area (Å²) in [6, 6.07) is 17.1. The van der Waals surface area contributed by atoms with E-state index in [1.807, 2.05) is 0 Å². The largest absolute Gasteiger partial charge is 0.493 e. The third kappa shape index (κ3) is 8.92.